The Labute approximate surface area is 252 Å². The molecule has 0 aliphatic heterocycles. The molecule has 8 rings (SSSR count). The molecular weight excluding hydrogens is 520 g/mol. The van der Waals surface area contributed by atoms with Crippen molar-refractivity contribution in [2.45, 2.75) is 6.42 Å². The van der Waals surface area contributed by atoms with Crippen molar-refractivity contribution in [3.8, 4) is 67.3 Å². The van der Waals surface area contributed by atoms with Gasteiger partial charge in [-0.05, 0) is 63.1 Å². The number of nitrogens with zero attached hydrogens (tertiary/aromatic N) is 2. The Morgan fingerprint density at radius 1 is 0.349 bits per heavy atom. The van der Waals surface area contributed by atoms with Gasteiger partial charge in [-0.1, -0.05) is 146 Å². The van der Waals surface area contributed by atoms with E-state index in [1.807, 2.05) is 24.3 Å². The van der Waals surface area contributed by atoms with Gasteiger partial charge >= 0.3 is 0 Å². The van der Waals surface area contributed by atoms with Crippen LogP contribution in [-0.2, 0) is 6.42 Å². The fourth-order valence-electron chi connectivity index (χ4n) is 6.20. The summed E-state index contributed by atoms with van der Waals surface area (Å²) in [6.45, 7) is 0. The number of hydrogen-bond acceptors (Lipinski definition) is 2. The molecule has 2 nitrogen and oxygen atoms in total. The van der Waals surface area contributed by atoms with E-state index in [2.05, 4.69) is 133 Å². The average Bonchev–Trinajstić information content (AvgIpc) is 3.48. The zero-order valence-corrected chi connectivity index (χ0v) is 23.6. The quantitative estimate of drug-likeness (QED) is 0.214. The van der Waals surface area contributed by atoms with Gasteiger partial charge in [0.15, 0.2) is 5.82 Å². The third-order valence-corrected chi connectivity index (χ3v) is 8.33. The third kappa shape index (κ3) is 4.73. The number of aromatic nitrogens is 2. The van der Waals surface area contributed by atoms with Gasteiger partial charge in [0.25, 0.3) is 0 Å². The van der Waals surface area contributed by atoms with Gasteiger partial charge in [-0.3, -0.25) is 0 Å². The molecule has 7 aromatic rings. The van der Waals surface area contributed by atoms with Gasteiger partial charge in [-0.2, -0.15) is 0 Å². The van der Waals surface area contributed by atoms with Crippen molar-refractivity contribution in [2.75, 3.05) is 0 Å². The third-order valence-electron chi connectivity index (χ3n) is 8.33. The highest BCUT2D eigenvalue weighted by molar-refractivity contribution is 5.91. The first-order valence-electron chi connectivity index (χ1n) is 14.7. The van der Waals surface area contributed by atoms with Crippen LogP contribution in [0.4, 0.5) is 0 Å². The number of rotatable bonds is 5. The van der Waals surface area contributed by atoms with E-state index in [1.165, 1.54) is 44.5 Å². The minimum Gasteiger partial charge on any atom is -0.228 e. The molecule has 0 N–H and O–H groups in total. The van der Waals surface area contributed by atoms with Crippen molar-refractivity contribution in [3.05, 3.63) is 169 Å². The number of fused-ring (bicyclic) bond motifs is 3. The second-order valence-electron chi connectivity index (χ2n) is 11.0. The summed E-state index contributed by atoms with van der Waals surface area (Å²) < 4.78 is 0. The van der Waals surface area contributed by atoms with E-state index in [1.54, 1.807) is 0 Å². The molecule has 0 amide bonds. The van der Waals surface area contributed by atoms with E-state index in [-0.39, 0.29) is 0 Å². The molecule has 2 heteroatoms. The van der Waals surface area contributed by atoms with Crippen LogP contribution in [0.5, 0.6) is 0 Å². The van der Waals surface area contributed by atoms with Crippen LogP contribution in [0.15, 0.2) is 158 Å². The molecule has 1 aromatic heterocycles. The predicted octanol–water partition coefficient (Wildman–Crippen LogP) is 10.4. The minimum atomic E-state index is 0.722. The summed E-state index contributed by atoms with van der Waals surface area (Å²) in [6, 6.07) is 55.7. The van der Waals surface area contributed by atoms with Crippen molar-refractivity contribution >= 4 is 0 Å². The summed E-state index contributed by atoms with van der Waals surface area (Å²) in [4.78, 5) is 10.1. The maximum Gasteiger partial charge on any atom is 0.160 e. The Morgan fingerprint density at radius 3 is 1.67 bits per heavy atom. The van der Waals surface area contributed by atoms with Crippen LogP contribution in [0, 0.1) is 0 Å². The Kier molecular flexibility index (Phi) is 6.23. The summed E-state index contributed by atoms with van der Waals surface area (Å²) >= 11 is 0. The zero-order chi connectivity index (χ0) is 28.6. The van der Waals surface area contributed by atoms with Crippen molar-refractivity contribution < 1.29 is 0 Å². The van der Waals surface area contributed by atoms with E-state index < -0.39 is 0 Å². The zero-order valence-electron chi connectivity index (χ0n) is 23.6. The molecule has 0 bridgehead atoms. The normalized spacial score (nSPS) is 11.6. The fourth-order valence-corrected chi connectivity index (χ4v) is 6.20. The van der Waals surface area contributed by atoms with Crippen LogP contribution < -0.4 is 0 Å². The summed E-state index contributed by atoms with van der Waals surface area (Å²) in [5.41, 5.74) is 15.3. The number of benzene rings is 6. The average molecular weight is 549 g/mol. The van der Waals surface area contributed by atoms with Gasteiger partial charge in [-0.15, -0.1) is 0 Å². The molecular formula is C41H28N2. The summed E-state index contributed by atoms with van der Waals surface area (Å²) in [6.07, 6.45) is 0.984. The molecule has 202 valence electrons. The van der Waals surface area contributed by atoms with Gasteiger partial charge in [0.1, 0.15) is 0 Å². The highest BCUT2D eigenvalue weighted by atomic mass is 14.9. The summed E-state index contributed by atoms with van der Waals surface area (Å²) in [7, 11) is 0. The lowest BCUT2D eigenvalue weighted by Gasteiger charge is -2.13. The molecule has 1 aliphatic rings. The lowest BCUT2D eigenvalue weighted by Crippen LogP contribution is -1.96. The van der Waals surface area contributed by atoms with Crippen LogP contribution in [0.25, 0.3) is 67.3 Å². The van der Waals surface area contributed by atoms with E-state index >= 15 is 0 Å². The second-order valence-corrected chi connectivity index (χ2v) is 11.0. The van der Waals surface area contributed by atoms with Crippen LogP contribution in [0.3, 0.4) is 0 Å². The first-order valence-corrected chi connectivity index (χ1v) is 14.7. The topological polar surface area (TPSA) is 25.8 Å². The highest BCUT2D eigenvalue weighted by Crippen LogP contribution is 2.43. The minimum absolute atomic E-state index is 0.722. The number of hydrogen-bond donors (Lipinski definition) is 0. The molecule has 0 saturated heterocycles. The van der Waals surface area contributed by atoms with Gasteiger partial charge in [0, 0.05) is 16.7 Å². The first-order chi connectivity index (χ1) is 21.3. The second kappa shape index (κ2) is 10.7. The van der Waals surface area contributed by atoms with Crippen molar-refractivity contribution in [2.24, 2.45) is 0 Å². The van der Waals surface area contributed by atoms with Crippen LogP contribution in [0.1, 0.15) is 11.1 Å². The Morgan fingerprint density at radius 2 is 0.884 bits per heavy atom. The molecule has 0 unspecified atom stereocenters. The Hall–Kier alpha value is -5.60. The van der Waals surface area contributed by atoms with E-state index in [9.17, 15) is 0 Å². The molecule has 1 aliphatic carbocycles. The molecule has 0 saturated carbocycles. The van der Waals surface area contributed by atoms with Gasteiger partial charge < -0.3 is 0 Å². The van der Waals surface area contributed by atoms with E-state index in [0.29, 0.717) is 0 Å². The maximum atomic E-state index is 5.10. The van der Waals surface area contributed by atoms with Crippen LogP contribution in [0.2, 0.25) is 0 Å². The SMILES string of the molecule is c1ccc(-c2ccc(-c3cc(-c4cccc(-c5cccc6c5-c5ccccc5C6)c4)nc(-c4ccccc4)n3)cc2)cc1. The predicted molar refractivity (Wildman–Crippen MR) is 177 cm³/mol. The van der Waals surface area contributed by atoms with Crippen LogP contribution in [-0.4, -0.2) is 9.97 Å². The molecule has 0 atom stereocenters. The molecule has 0 fully saturated rings. The molecule has 6 aromatic carbocycles. The molecule has 43 heavy (non-hydrogen) atoms. The monoisotopic (exact) mass is 548 g/mol. The van der Waals surface area contributed by atoms with Gasteiger partial charge in [0.05, 0.1) is 11.4 Å². The standard InChI is InChI=1S/C41H28N2/c1-3-11-28(12-4-1)29-21-23-30(24-22-29)38-27-39(43-41(42-38)31-13-5-2-6-14-31)34-17-9-16-33(25-34)37-20-10-18-35-26-32-15-7-8-19-36(32)40(35)37/h1-25,27H,26H2. The lowest BCUT2D eigenvalue weighted by molar-refractivity contribution is 1.18. The summed E-state index contributed by atoms with van der Waals surface area (Å²) in [5, 5.41) is 0. The molecule has 1 heterocycles. The van der Waals surface area contributed by atoms with E-state index in [0.717, 1.165) is 40.3 Å². The Bertz CT molecular complexity index is 2080. The van der Waals surface area contributed by atoms with Gasteiger partial charge in [0.2, 0.25) is 0 Å². The first kappa shape index (κ1) is 25.1. The van der Waals surface area contributed by atoms with Gasteiger partial charge in [-0.25, -0.2) is 9.97 Å². The maximum absolute atomic E-state index is 5.10. The Balaban J connectivity index is 1.24. The van der Waals surface area contributed by atoms with Crippen LogP contribution >= 0.6 is 0 Å². The highest BCUT2D eigenvalue weighted by Gasteiger charge is 2.21. The van der Waals surface area contributed by atoms with Crippen molar-refractivity contribution in [3.63, 3.8) is 0 Å². The smallest absolute Gasteiger partial charge is 0.160 e. The van der Waals surface area contributed by atoms with E-state index in [4.69, 9.17) is 9.97 Å². The molecule has 0 spiro atoms. The lowest BCUT2D eigenvalue weighted by atomic mass is 9.93. The van der Waals surface area contributed by atoms with Crippen molar-refractivity contribution in [1.29, 1.82) is 0 Å². The van der Waals surface area contributed by atoms with Crippen molar-refractivity contribution in [1.82, 2.24) is 9.97 Å². The fraction of sp³-hybridized carbons (Fsp3) is 0.0244. The molecule has 0 radical (unpaired) electrons. The summed E-state index contributed by atoms with van der Waals surface area (Å²) in [5.74, 6) is 0.722. The largest absolute Gasteiger partial charge is 0.228 e.